The average Bonchev–Trinajstić information content (AvgIpc) is 3.21. The number of hydrogen-bond donors (Lipinski definition) is 1. The van der Waals surface area contributed by atoms with E-state index in [4.69, 9.17) is 9.73 Å². The van der Waals surface area contributed by atoms with Gasteiger partial charge < -0.3 is 19.9 Å². The Morgan fingerprint density at radius 1 is 1.07 bits per heavy atom. The van der Waals surface area contributed by atoms with Gasteiger partial charge in [0.1, 0.15) is 0 Å². The van der Waals surface area contributed by atoms with Crippen LogP contribution in [0, 0.1) is 5.92 Å². The predicted octanol–water partition coefficient (Wildman–Crippen LogP) is 2.88. The molecule has 0 aliphatic carbocycles. The molecule has 1 aromatic carbocycles. The van der Waals surface area contributed by atoms with Crippen LogP contribution in [-0.4, -0.2) is 86.7 Å². The number of likely N-dealkylation sites (tertiary alicyclic amines) is 1. The number of hydrogen-bond acceptors (Lipinski definition) is 4. The molecule has 0 spiro atoms. The number of guanidine groups is 1. The Kier molecular flexibility index (Phi) is 11.4. The Morgan fingerprint density at radius 3 is 2.43 bits per heavy atom. The maximum Gasteiger partial charge on any atom is 0.194 e. The Balaban J connectivity index is 0.00000320. The van der Waals surface area contributed by atoms with Gasteiger partial charge in [0, 0.05) is 65.4 Å². The van der Waals surface area contributed by atoms with Crippen LogP contribution in [-0.2, 0) is 17.8 Å². The first kappa shape index (κ1) is 25.4. The minimum Gasteiger partial charge on any atom is -0.384 e. The van der Waals surface area contributed by atoms with E-state index in [-0.39, 0.29) is 24.0 Å². The van der Waals surface area contributed by atoms with Gasteiger partial charge in [0.2, 0.25) is 0 Å². The van der Waals surface area contributed by atoms with Crippen LogP contribution in [0.15, 0.2) is 29.3 Å². The molecule has 2 fully saturated rings. The molecule has 0 aromatic heterocycles. The quantitative estimate of drug-likeness (QED) is 0.319. The molecule has 0 saturated carbocycles. The number of benzene rings is 1. The minimum atomic E-state index is 0. The predicted molar refractivity (Wildman–Crippen MR) is 136 cm³/mol. The van der Waals surface area contributed by atoms with Crippen LogP contribution in [0.5, 0.6) is 0 Å². The van der Waals surface area contributed by atoms with E-state index in [9.17, 15) is 0 Å². The summed E-state index contributed by atoms with van der Waals surface area (Å²) in [5.74, 6) is 1.65. The molecule has 2 aliphatic rings. The van der Waals surface area contributed by atoms with Gasteiger partial charge >= 0.3 is 0 Å². The lowest BCUT2D eigenvalue weighted by molar-refractivity contribution is 0.131. The monoisotopic (exact) mass is 529 g/mol. The van der Waals surface area contributed by atoms with E-state index in [0.717, 1.165) is 64.9 Å². The molecule has 6 nitrogen and oxygen atoms in total. The van der Waals surface area contributed by atoms with Crippen molar-refractivity contribution in [1.29, 1.82) is 0 Å². The maximum absolute atomic E-state index is 5.35. The van der Waals surface area contributed by atoms with Gasteiger partial charge in [-0.2, -0.15) is 0 Å². The lowest BCUT2D eigenvalue weighted by Gasteiger charge is -2.34. The number of nitrogens with zero attached hydrogens (tertiary/aromatic N) is 4. The van der Waals surface area contributed by atoms with Gasteiger partial charge in [-0.3, -0.25) is 4.90 Å². The van der Waals surface area contributed by atoms with E-state index in [0.29, 0.717) is 5.92 Å². The number of nitrogens with one attached hydrogen (secondary N) is 1. The van der Waals surface area contributed by atoms with Crippen molar-refractivity contribution in [2.75, 3.05) is 66.1 Å². The highest BCUT2D eigenvalue weighted by molar-refractivity contribution is 14.0. The first-order valence-electron chi connectivity index (χ1n) is 11.3. The third kappa shape index (κ3) is 7.35. The Hall–Kier alpha value is -0.900. The standard InChI is InChI=1S/C23H39N5O.HI/c1-4-24-23(28-11-10-20(17-28)19-29-3)25-16-21-8-6-7-9-22(21)18-27-14-12-26(5-2)13-15-27;/h6-9,20H,4-5,10-19H2,1-3H3,(H,24,25);1H. The van der Waals surface area contributed by atoms with E-state index in [1.165, 1.54) is 30.6 Å². The highest BCUT2D eigenvalue weighted by Crippen LogP contribution is 2.18. The van der Waals surface area contributed by atoms with Crippen molar-refractivity contribution in [2.45, 2.75) is 33.4 Å². The van der Waals surface area contributed by atoms with Crippen molar-refractivity contribution in [1.82, 2.24) is 20.0 Å². The van der Waals surface area contributed by atoms with Gasteiger partial charge in [-0.1, -0.05) is 31.2 Å². The summed E-state index contributed by atoms with van der Waals surface area (Å²) >= 11 is 0. The largest absolute Gasteiger partial charge is 0.384 e. The van der Waals surface area contributed by atoms with E-state index in [1.54, 1.807) is 7.11 Å². The molecule has 1 unspecified atom stereocenters. The van der Waals surface area contributed by atoms with Crippen molar-refractivity contribution < 1.29 is 4.74 Å². The second-order valence-electron chi connectivity index (χ2n) is 8.21. The molecule has 0 radical (unpaired) electrons. The summed E-state index contributed by atoms with van der Waals surface area (Å²) in [4.78, 5) is 12.5. The lowest BCUT2D eigenvalue weighted by Crippen LogP contribution is -2.45. The normalized spacial score (nSPS) is 21.0. The van der Waals surface area contributed by atoms with Crippen LogP contribution in [0.4, 0.5) is 0 Å². The van der Waals surface area contributed by atoms with Crippen LogP contribution >= 0.6 is 24.0 Å². The molecule has 3 rings (SSSR count). The van der Waals surface area contributed by atoms with Crippen molar-refractivity contribution in [3.8, 4) is 0 Å². The Morgan fingerprint density at radius 2 is 1.77 bits per heavy atom. The van der Waals surface area contributed by atoms with Gasteiger partial charge in [0.05, 0.1) is 13.2 Å². The van der Waals surface area contributed by atoms with Crippen LogP contribution in [0.1, 0.15) is 31.4 Å². The van der Waals surface area contributed by atoms with Crippen LogP contribution in [0.2, 0.25) is 0 Å². The molecule has 2 saturated heterocycles. The van der Waals surface area contributed by atoms with Crippen molar-refractivity contribution in [2.24, 2.45) is 10.9 Å². The number of aliphatic imine (C=N–C) groups is 1. The van der Waals surface area contributed by atoms with Gasteiger partial charge in [-0.25, -0.2) is 4.99 Å². The summed E-state index contributed by atoms with van der Waals surface area (Å²) in [6.45, 7) is 15.8. The van der Waals surface area contributed by atoms with Crippen molar-refractivity contribution in [3.63, 3.8) is 0 Å². The van der Waals surface area contributed by atoms with Gasteiger partial charge in [0.15, 0.2) is 5.96 Å². The summed E-state index contributed by atoms with van der Waals surface area (Å²) in [5.41, 5.74) is 2.75. The molecular weight excluding hydrogens is 489 g/mol. The van der Waals surface area contributed by atoms with Crippen LogP contribution < -0.4 is 5.32 Å². The van der Waals surface area contributed by atoms with Gasteiger partial charge in [-0.05, 0) is 31.0 Å². The summed E-state index contributed by atoms with van der Waals surface area (Å²) in [6, 6.07) is 8.81. The fraction of sp³-hybridized carbons (Fsp3) is 0.696. The summed E-state index contributed by atoms with van der Waals surface area (Å²) in [6.07, 6.45) is 1.18. The highest BCUT2D eigenvalue weighted by atomic mass is 127. The van der Waals surface area contributed by atoms with E-state index < -0.39 is 0 Å². The zero-order valence-electron chi connectivity index (χ0n) is 19.0. The molecule has 0 bridgehead atoms. The smallest absolute Gasteiger partial charge is 0.194 e. The van der Waals surface area contributed by atoms with Gasteiger partial charge in [-0.15, -0.1) is 24.0 Å². The van der Waals surface area contributed by atoms with Crippen LogP contribution in [0.3, 0.4) is 0 Å². The second kappa shape index (κ2) is 13.5. The molecule has 2 heterocycles. The first-order valence-corrected chi connectivity index (χ1v) is 11.3. The van der Waals surface area contributed by atoms with Crippen molar-refractivity contribution >= 4 is 29.9 Å². The summed E-state index contributed by atoms with van der Waals surface area (Å²) in [5, 5.41) is 3.49. The average molecular weight is 530 g/mol. The number of rotatable bonds is 8. The number of likely N-dealkylation sites (N-methyl/N-ethyl adjacent to an activating group) is 1. The Bertz CT molecular complexity index is 648. The Labute approximate surface area is 200 Å². The fourth-order valence-electron chi connectivity index (χ4n) is 4.35. The number of ether oxygens (including phenoxy) is 1. The molecule has 170 valence electrons. The summed E-state index contributed by atoms with van der Waals surface area (Å²) in [7, 11) is 1.79. The van der Waals surface area contributed by atoms with Crippen LogP contribution in [0.25, 0.3) is 0 Å². The number of halogens is 1. The third-order valence-electron chi connectivity index (χ3n) is 6.15. The zero-order chi connectivity index (χ0) is 20.5. The SMILES string of the molecule is CCNC(=NCc1ccccc1CN1CCN(CC)CC1)N1CCC(COC)C1.I. The lowest BCUT2D eigenvalue weighted by atomic mass is 10.1. The minimum absolute atomic E-state index is 0. The number of piperazine rings is 1. The number of methoxy groups -OCH3 is 1. The van der Waals surface area contributed by atoms with E-state index >= 15 is 0 Å². The fourth-order valence-corrected chi connectivity index (χ4v) is 4.35. The second-order valence-corrected chi connectivity index (χ2v) is 8.21. The zero-order valence-corrected chi connectivity index (χ0v) is 21.3. The molecule has 2 aliphatic heterocycles. The van der Waals surface area contributed by atoms with E-state index in [2.05, 4.69) is 58.1 Å². The van der Waals surface area contributed by atoms with Crippen molar-refractivity contribution in [3.05, 3.63) is 35.4 Å². The topological polar surface area (TPSA) is 43.3 Å². The molecular formula is C23H40IN5O. The molecule has 1 aromatic rings. The molecule has 1 atom stereocenters. The van der Waals surface area contributed by atoms with Gasteiger partial charge in [0.25, 0.3) is 0 Å². The summed E-state index contributed by atoms with van der Waals surface area (Å²) < 4.78 is 5.35. The van der Waals surface area contributed by atoms with E-state index in [1.807, 2.05) is 0 Å². The molecule has 7 heteroatoms. The maximum atomic E-state index is 5.35. The molecule has 30 heavy (non-hydrogen) atoms. The molecule has 0 amide bonds. The highest BCUT2D eigenvalue weighted by Gasteiger charge is 2.24. The first-order chi connectivity index (χ1) is 14.2. The third-order valence-corrected chi connectivity index (χ3v) is 6.15. The molecule has 1 N–H and O–H groups in total.